The molecule has 0 spiro atoms. The molecule has 0 bridgehead atoms. The van der Waals surface area contributed by atoms with Gasteiger partial charge in [-0.15, -0.1) is 0 Å². The molecule has 0 amide bonds. The number of nitrogens with zero attached hydrogens (tertiary/aromatic N) is 3. The van der Waals surface area contributed by atoms with Crippen LogP contribution in [0.1, 0.15) is 23.2 Å². The quantitative estimate of drug-likeness (QED) is 0.819. The molecule has 1 aliphatic rings. The van der Waals surface area contributed by atoms with Crippen LogP contribution in [0.2, 0.25) is 5.02 Å². The molecule has 26 heavy (non-hydrogen) atoms. The first-order chi connectivity index (χ1) is 12.6. The van der Waals surface area contributed by atoms with Crippen LogP contribution in [0.4, 0.5) is 5.69 Å². The fourth-order valence-electron chi connectivity index (χ4n) is 3.19. The molecule has 2 heterocycles. The van der Waals surface area contributed by atoms with Gasteiger partial charge >= 0.3 is 5.97 Å². The minimum atomic E-state index is -0.559. The van der Waals surface area contributed by atoms with E-state index in [0.717, 1.165) is 24.1 Å². The van der Waals surface area contributed by atoms with Crippen LogP contribution in [0.15, 0.2) is 35.3 Å². The predicted molar refractivity (Wildman–Crippen MR) is 98.2 cm³/mol. The number of para-hydroxylation sites is 1. The van der Waals surface area contributed by atoms with Gasteiger partial charge in [0.2, 0.25) is 0 Å². The Morgan fingerprint density at radius 2 is 2.15 bits per heavy atom. The Labute approximate surface area is 155 Å². The third kappa shape index (κ3) is 3.45. The molecule has 1 fully saturated rings. The fraction of sp³-hybridized carbons (Fsp3) is 0.389. The average Bonchev–Trinajstić information content (AvgIpc) is 2.69. The summed E-state index contributed by atoms with van der Waals surface area (Å²) in [6, 6.07) is 6.56. The van der Waals surface area contributed by atoms with E-state index in [1.165, 1.54) is 13.3 Å². The van der Waals surface area contributed by atoms with Gasteiger partial charge in [0.25, 0.3) is 5.56 Å². The van der Waals surface area contributed by atoms with E-state index < -0.39 is 11.5 Å². The van der Waals surface area contributed by atoms with Crippen molar-refractivity contribution in [1.82, 2.24) is 9.78 Å². The molecule has 1 atom stereocenters. The number of piperidine rings is 1. The second-order valence-corrected chi connectivity index (χ2v) is 6.58. The minimum absolute atomic E-state index is 0.0401. The van der Waals surface area contributed by atoms with Crippen LogP contribution in [0.3, 0.4) is 0 Å². The number of aliphatic hydroxyl groups is 1. The van der Waals surface area contributed by atoms with Gasteiger partial charge in [-0.3, -0.25) is 4.79 Å². The number of hydrogen-bond acceptors (Lipinski definition) is 6. The molecule has 1 N–H and O–H groups in total. The normalized spacial score (nSPS) is 17.2. The number of rotatable bonds is 4. The number of hydrogen-bond donors (Lipinski definition) is 1. The first-order valence-electron chi connectivity index (χ1n) is 8.38. The van der Waals surface area contributed by atoms with Gasteiger partial charge < -0.3 is 14.7 Å². The van der Waals surface area contributed by atoms with Crippen LogP contribution in [-0.2, 0) is 4.74 Å². The van der Waals surface area contributed by atoms with Gasteiger partial charge in [0, 0.05) is 19.7 Å². The lowest BCUT2D eigenvalue weighted by Gasteiger charge is -2.33. The van der Waals surface area contributed by atoms with Crippen LogP contribution in [0.5, 0.6) is 0 Å². The third-order valence-electron chi connectivity index (χ3n) is 4.56. The Kier molecular flexibility index (Phi) is 5.58. The number of halogens is 1. The van der Waals surface area contributed by atoms with Crippen LogP contribution in [-0.4, -0.2) is 47.7 Å². The van der Waals surface area contributed by atoms with Gasteiger partial charge in [0.05, 0.1) is 30.2 Å². The smallest absolute Gasteiger partial charge is 0.340 e. The van der Waals surface area contributed by atoms with E-state index in [2.05, 4.69) is 5.10 Å². The van der Waals surface area contributed by atoms with E-state index in [9.17, 15) is 14.7 Å². The van der Waals surface area contributed by atoms with Gasteiger partial charge in [-0.2, -0.15) is 9.78 Å². The highest BCUT2D eigenvalue weighted by Crippen LogP contribution is 2.27. The molecule has 0 aliphatic carbocycles. The molecule has 138 valence electrons. The fourth-order valence-corrected chi connectivity index (χ4v) is 3.44. The van der Waals surface area contributed by atoms with E-state index >= 15 is 0 Å². The average molecular weight is 378 g/mol. The molecule has 1 aromatic heterocycles. The molecule has 7 nitrogen and oxygen atoms in total. The second kappa shape index (κ2) is 7.88. The molecule has 8 heteroatoms. The Bertz CT molecular complexity index is 868. The first-order valence-corrected chi connectivity index (χ1v) is 8.76. The van der Waals surface area contributed by atoms with Crippen LogP contribution in [0, 0.1) is 5.92 Å². The number of anilines is 1. The molecule has 3 rings (SSSR count). The Morgan fingerprint density at radius 1 is 1.38 bits per heavy atom. The van der Waals surface area contributed by atoms with Crippen LogP contribution >= 0.6 is 11.6 Å². The molecule has 0 saturated carbocycles. The van der Waals surface area contributed by atoms with Crippen molar-refractivity contribution >= 4 is 23.3 Å². The highest BCUT2D eigenvalue weighted by molar-refractivity contribution is 6.33. The Morgan fingerprint density at radius 3 is 2.88 bits per heavy atom. The summed E-state index contributed by atoms with van der Waals surface area (Å²) in [5.41, 5.74) is 0.574. The Hall–Kier alpha value is -2.38. The van der Waals surface area contributed by atoms with Crippen molar-refractivity contribution in [3.05, 3.63) is 51.4 Å². The summed E-state index contributed by atoms with van der Waals surface area (Å²) in [7, 11) is 1.28. The van der Waals surface area contributed by atoms with Gasteiger partial charge in [0.1, 0.15) is 5.02 Å². The Balaban J connectivity index is 2.02. The molecular formula is C18H20ClN3O4. The van der Waals surface area contributed by atoms with Crippen LogP contribution in [0.25, 0.3) is 5.69 Å². The third-order valence-corrected chi connectivity index (χ3v) is 4.91. The maximum Gasteiger partial charge on any atom is 0.340 e. The molecule has 1 aromatic carbocycles. The van der Waals surface area contributed by atoms with Gasteiger partial charge in [-0.05, 0) is 30.9 Å². The number of methoxy groups -OCH3 is 1. The molecule has 1 aliphatic heterocycles. The number of aromatic nitrogens is 2. The monoisotopic (exact) mass is 377 g/mol. The molecule has 0 radical (unpaired) electrons. The summed E-state index contributed by atoms with van der Waals surface area (Å²) in [6.45, 7) is 1.48. The highest BCUT2D eigenvalue weighted by atomic mass is 35.5. The van der Waals surface area contributed by atoms with Crippen molar-refractivity contribution in [3.8, 4) is 5.69 Å². The summed E-state index contributed by atoms with van der Waals surface area (Å²) in [4.78, 5) is 26.7. The lowest BCUT2D eigenvalue weighted by Crippen LogP contribution is -2.38. The van der Waals surface area contributed by atoms with Crippen molar-refractivity contribution in [2.24, 2.45) is 5.92 Å². The second-order valence-electron chi connectivity index (χ2n) is 6.21. The lowest BCUT2D eigenvalue weighted by molar-refractivity contribution is 0.0600. The number of carbonyl (C=O) groups excluding carboxylic acids is 1. The zero-order chi connectivity index (χ0) is 18.7. The number of benzene rings is 1. The van der Waals surface area contributed by atoms with E-state index in [-0.39, 0.29) is 23.1 Å². The first kappa shape index (κ1) is 18.4. The van der Waals surface area contributed by atoms with Crippen molar-refractivity contribution in [2.75, 3.05) is 31.7 Å². The van der Waals surface area contributed by atoms with Gasteiger partial charge in [-0.25, -0.2) is 4.79 Å². The highest BCUT2D eigenvalue weighted by Gasteiger charge is 2.24. The number of aliphatic hydroxyl groups excluding tert-OH is 1. The van der Waals surface area contributed by atoms with Crippen molar-refractivity contribution in [2.45, 2.75) is 12.8 Å². The topological polar surface area (TPSA) is 84.7 Å². The summed E-state index contributed by atoms with van der Waals surface area (Å²) in [6.07, 6.45) is 3.38. The summed E-state index contributed by atoms with van der Waals surface area (Å²) >= 11 is 6.34. The SMILES string of the molecule is COC(=O)c1ccccc1-n1ncc(N2CCCC(CO)C2)c(Cl)c1=O. The maximum absolute atomic E-state index is 12.8. The molecular weight excluding hydrogens is 358 g/mol. The molecule has 1 saturated heterocycles. The summed E-state index contributed by atoms with van der Waals surface area (Å²) < 4.78 is 5.87. The summed E-state index contributed by atoms with van der Waals surface area (Å²) in [5.74, 6) is -0.404. The standard InChI is InChI=1S/C18H20ClN3O4/c1-26-18(25)13-6-2-3-7-14(13)22-17(24)16(19)15(9-20-22)21-8-4-5-12(10-21)11-23/h2-3,6-7,9,12,23H,4-5,8,10-11H2,1H3. The van der Waals surface area contributed by atoms with Crippen LogP contribution < -0.4 is 10.5 Å². The number of ether oxygens (including phenoxy) is 1. The zero-order valence-corrected chi connectivity index (χ0v) is 15.1. The lowest BCUT2D eigenvalue weighted by atomic mass is 9.99. The van der Waals surface area contributed by atoms with E-state index in [1.807, 2.05) is 4.90 Å². The molecule has 2 aromatic rings. The minimum Gasteiger partial charge on any atom is -0.465 e. The van der Waals surface area contributed by atoms with E-state index in [4.69, 9.17) is 16.3 Å². The van der Waals surface area contributed by atoms with Gasteiger partial charge in [0.15, 0.2) is 0 Å². The van der Waals surface area contributed by atoms with Crippen molar-refractivity contribution < 1.29 is 14.6 Å². The van der Waals surface area contributed by atoms with Crippen molar-refractivity contribution in [1.29, 1.82) is 0 Å². The zero-order valence-electron chi connectivity index (χ0n) is 14.4. The van der Waals surface area contributed by atoms with E-state index in [0.29, 0.717) is 17.9 Å². The largest absolute Gasteiger partial charge is 0.465 e. The van der Waals surface area contributed by atoms with Crippen molar-refractivity contribution in [3.63, 3.8) is 0 Å². The molecule has 1 unspecified atom stereocenters. The number of carbonyl (C=O) groups is 1. The number of esters is 1. The van der Waals surface area contributed by atoms with Gasteiger partial charge in [-0.1, -0.05) is 23.7 Å². The van der Waals surface area contributed by atoms with E-state index in [1.54, 1.807) is 24.3 Å². The maximum atomic E-state index is 12.8. The summed E-state index contributed by atoms with van der Waals surface area (Å²) in [5, 5.41) is 13.7. The predicted octanol–water partition coefficient (Wildman–Crippen LogP) is 1.88.